The van der Waals surface area contributed by atoms with Crippen molar-refractivity contribution in [3.8, 4) is 11.3 Å². The predicted octanol–water partition coefficient (Wildman–Crippen LogP) is 7.20. The van der Waals surface area contributed by atoms with Gasteiger partial charge in [0.05, 0.1) is 11.9 Å². The van der Waals surface area contributed by atoms with Gasteiger partial charge in [-0.05, 0) is 53.9 Å². The molecule has 2 amide bonds. The summed E-state index contributed by atoms with van der Waals surface area (Å²) in [5.74, 6) is -0.974. The lowest BCUT2D eigenvalue weighted by Gasteiger charge is -2.26. The first-order valence-corrected chi connectivity index (χ1v) is 17.2. The Morgan fingerprint density at radius 2 is 1.57 bits per heavy atom. The Labute approximate surface area is 274 Å². The van der Waals surface area contributed by atoms with Crippen LogP contribution in [0.2, 0.25) is 4.34 Å². The lowest BCUT2D eigenvalue weighted by molar-refractivity contribution is 0.210. The van der Waals surface area contributed by atoms with Gasteiger partial charge in [0.1, 0.15) is 21.7 Å². The first kappa shape index (κ1) is 32.9. The SMILES string of the molecule is CS(=O)(=O)Nc1ccc(-c2nc(NC(=O)N(CCc3cnccn3)CCC(c3ccc(F)cc3)c3ccc(F)cc3)sc2Cl)cc1. The third kappa shape index (κ3) is 9.05. The van der Waals surface area contributed by atoms with Crippen LogP contribution >= 0.6 is 22.9 Å². The van der Waals surface area contributed by atoms with E-state index in [9.17, 15) is 22.0 Å². The molecule has 0 radical (unpaired) electrons. The molecule has 2 heterocycles. The second-order valence-corrected chi connectivity index (χ2v) is 13.8. The number of amides is 2. The van der Waals surface area contributed by atoms with Crippen molar-refractivity contribution in [2.45, 2.75) is 18.8 Å². The number of thiazole rings is 1. The average molecular weight is 683 g/mol. The van der Waals surface area contributed by atoms with Crippen molar-refractivity contribution in [2.24, 2.45) is 0 Å². The minimum Gasteiger partial charge on any atom is -0.324 e. The van der Waals surface area contributed by atoms with Crippen LogP contribution in [-0.4, -0.2) is 53.6 Å². The fourth-order valence-electron chi connectivity index (χ4n) is 4.84. The van der Waals surface area contributed by atoms with E-state index < -0.39 is 16.1 Å². The second-order valence-electron chi connectivity index (χ2n) is 10.4. The van der Waals surface area contributed by atoms with Gasteiger partial charge in [-0.1, -0.05) is 59.3 Å². The average Bonchev–Trinajstić information content (AvgIpc) is 3.39. The summed E-state index contributed by atoms with van der Waals surface area (Å²) in [5, 5.41) is 3.13. The van der Waals surface area contributed by atoms with Crippen molar-refractivity contribution < 1.29 is 22.0 Å². The van der Waals surface area contributed by atoms with Crippen molar-refractivity contribution in [3.05, 3.63) is 124 Å². The van der Waals surface area contributed by atoms with Crippen LogP contribution < -0.4 is 10.0 Å². The van der Waals surface area contributed by atoms with Crippen LogP contribution in [0.3, 0.4) is 0 Å². The zero-order valence-corrected chi connectivity index (χ0v) is 26.9. The van der Waals surface area contributed by atoms with Gasteiger partial charge in [-0.25, -0.2) is 27.0 Å². The summed E-state index contributed by atoms with van der Waals surface area (Å²) in [5.41, 5.74) is 3.84. The number of aromatic nitrogens is 3. The Kier molecular flexibility index (Phi) is 10.6. The molecule has 3 aromatic carbocycles. The summed E-state index contributed by atoms with van der Waals surface area (Å²) in [4.78, 5) is 28.3. The molecule has 0 aliphatic carbocycles. The molecule has 0 unspecified atom stereocenters. The number of anilines is 2. The van der Waals surface area contributed by atoms with Gasteiger partial charge in [-0.2, -0.15) is 0 Å². The molecule has 0 spiro atoms. The van der Waals surface area contributed by atoms with Crippen molar-refractivity contribution >= 4 is 49.8 Å². The number of nitrogens with one attached hydrogen (secondary N) is 2. The van der Waals surface area contributed by atoms with Gasteiger partial charge < -0.3 is 4.90 Å². The van der Waals surface area contributed by atoms with Gasteiger partial charge in [0.15, 0.2) is 5.13 Å². The topological polar surface area (TPSA) is 117 Å². The standard InChI is InChI=1S/C32H29ClF2N6O3S2/c1-46(43,44)40-26-12-6-23(7-13-26)29-30(33)45-31(38-29)39-32(42)41(18-14-27-20-36-16-17-37-27)19-15-28(21-2-8-24(34)9-3-21)22-4-10-25(35)11-5-22/h2-13,16-17,20,28,40H,14-15,18-19H2,1H3,(H,38,39,42). The molecule has 2 N–H and O–H groups in total. The van der Waals surface area contributed by atoms with E-state index in [0.717, 1.165) is 28.7 Å². The third-order valence-electron chi connectivity index (χ3n) is 7.04. The van der Waals surface area contributed by atoms with Crippen molar-refractivity contribution in [2.75, 3.05) is 29.4 Å². The van der Waals surface area contributed by atoms with Crippen molar-refractivity contribution in [1.82, 2.24) is 19.9 Å². The normalized spacial score (nSPS) is 11.4. The number of halogens is 3. The number of carbonyl (C=O) groups is 1. The Balaban J connectivity index is 1.35. The van der Waals surface area contributed by atoms with Gasteiger partial charge in [-0.15, -0.1) is 0 Å². The zero-order chi connectivity index (χ0) is 32.7. The summed E-state index contributed by atoms with van der Waals surface area (Å²) in [7, 11) is -3.43. The second kappa shape index (κ2) is 14.8. The van der Waals surface area contributed by atoms with E-state index in [1.54, 1.807) is 72.0 Å². The predicted molar refractivity (Wildman–Crippen MR) is 177 cm³/mol. The number of hydrogen-bond acceptors (Lipinski definition) is 7. The number of hydrogen-bond donors (Lipinski definition) is 2. The first-order chi connectivity index (χ1) is 22.0. The number of nitrogens with zero attached hydrogens (tertiary/aromatic N) is 4. The lowest BCUT2D eigenvalue weighted by Crippen LogP contribution is -2.38. The molecule has 0 aliphatic rings. The third-order valence-corrected chi connectivity index (χ3v) is 8.81. The van der Waals surface area contributed by atoms with E-state index in [-0.39, 0.29) is 22.7 Å². The molecule has 0 fully saturated rings. The van der Waals surface area contributed by atoms with E-state index in [0.29, 0.717) is 52.9 Å². The van der Waals surface area contributed by atoms with E-state index in [1.807, 2.05) is 0 Å². The highest BCUT2D eigenvalue weighted by molar-refractivity contribution is 7.92. The molecule has 2 aromatic heterocycles. The van der Waals surface area contributed by atoms with Gasteiger partial charge >= 0.3 is 6.03 Å². The highest BCUT2D eigenvalue weighted by Gasteiger charge is 2.22. The molecule has 0 bridgehead atoms. The van der Waals surface area contributed by atoms with Gasteiger partial charge in [0.2, 0.25) is 10.0 Å². The van der Waals surface area contributed by atoms with Crippen molar-refractivity contribution in [1.29, 1.82) is 0 Å². The van der Waals surface area contributed by atoms with Crippen LogP contribution in [0, 0.1) is 11.6 Å². The van der Waals surface area contributed by atoms with E-state index in [4.69, 9.17) is 11.6 Å². The summed E-state index contributed by atoms with van der Waals surface area (Å²) in [6.07, 6.45) is 6.76. The molecule has 9 nitrogen and oxygen atoms in total. The van der Waals surface area contributed by atoms with Crippen LogP contribution in [-0.2, 0) is 16.4 Å². The fraction of sp³-hybridized carbons (Fsp3) is 0.188. The Morgan fingerprint density at radius 1 is 0.935 bits per heavy atom. The van der Waals surface area contributed by atoms with Gasteiger partial charge in [-0.3, -0.25) is 20.0 Å². The molecule has 5 rings (SSSR count). The molecule has 0 atom stereocenters. The maximum absolute atomic E-state index is 13.7. The quantitative estimate of drug-likeness (QED) is 0.144. The van der Waals surface area contributed by atoms with Crippen LogP contribution in [0.15, 0.2) is 91.4 Å². The maximum Gasteiger partial charge on any atom is 0.323 e. The van der Waals surface area contributed by atoms with Crippen LogP contribution in [0.1, 0.15) is 29.2 Å². The van der Waals surface area contributed by atoms with E-state index >= 15 is 0 Å². The molecular weight excluding hydrogens is 654 g/mol. The number of sulfonamides is 1. The van der Waals surface area contributed by atoms with E-state index in [1.165, 1.54) is 24.3 Å². The molecule has 0 saturated heterocycles. The monoisotopic (exact) mass is 682 g/mol. The van der Waals surface area contributed by atoms with Crippen LogP contribution in [0.25, 0.3) is 11.3 Å². The van der Waals surface area contributed by atoms with Crippen molar-refractivity contribution in [3.63, 3.8) is 0 Å². The molecule has 238 valence electrons. The Hall–Kier alpha value is -4.46. The minimum atomic E-state index is -3.43. The highest BCUT2D eigenvalue weighted by atomic mass is 35.5. The Morgan fingerprint density at radius 3 is 2.13 bits per heavy atom. The first-order valence-electron chi connectivity index (χ1n) is 14.1. The smallest absolute Gasteiger partial charge is 0.323 e. The fourth-order valence-corrected chi connectivity index (χ4v) is 6.48. The van der Waals surface area contributed by atoms with Crippen LogP contribution in [0.4, 0.5) is 24.4 Å². The molecule has 46 heavy (non-hydrogen) atoms. The summed E-state index contributed by atoms with van der Waals surface area (Å²) < 4.78 is 53.3. The molecule has 14 heteroatoms. The number of carbonyl (C=O) groups excluding carboxylic acids is 1. The van der Waals surface area contributed by atoms with Gasteiger partial charge in [0.25, 0.3) is 0 Å². The van der Waals surface area contributed by atoms with Gasteiger partial charge in [0, 0.05) is 55.3 Å². The minimum absolute atomic E-state index is 0.242. The summed E-state index contributed by atoms with van der Waals surface area (Å²) in [6.45, 7) is 0.608. The lowest BCUT2D eigenvalue weighted by atomic mass is 9.88. The summed E-state index contributed by atoms with van der Waals surface area (Å²) >= 11 is 7.60. The zero-order valence-electron chi connectivity index (χ0n) is 24.5. The Bertz CT molecular complexity index is 1830. The molecule has 5 aromatic rings. The molecule has 0 aliphatic heterocycles. The molecule has 0 saturated carbocycles. The number of rotatable bonds is 12. The largest absolute Gasteiger partial charge is 0.324 e. The van der Waals surface area contributed by atoms with E-state index in [2.05, 4.69) is 25.0 Å². The highest BCUT2D eigenvalue weighted by Crippen LogP contribution is 2.36. The number of benzene rings is 3. The molecular formula is C32H29ClF2N6O3S2. The van der Waals surface area contributed by atoms with Crippen LogP contribution in [0.5, 0.6) is 0 Å². The number of urea groups is 1. The maximum atomic E-state index is 13.7. The summed E-state index contributed by atoms with van der Waals surface area (Å²) in [6, 6.07) is 18.4.